The molecule has 0 aliphatic carbocycles. The van der Waals surface area contributed by atoms with E-state index in [1.165, 1.54) is 13.3 Å². The van der Waals surface area contributed by atoms with Crippen molar-refractivity contribution in [1.29, 1.82) is 0 Å². The molecule has 2 aromatic heterocycles. The van der Waals surface area contributed by atoms with E-state index in [0.717, 1.165) is 6.54 Å². The lowest BCUT2D eigenvalue weighted by atomic mass is 10.3. The highest BCUT2D eigenvalue weighted by Crippen LogP contribution is 2.23. The Labute approximate surface area is 110 Å². The van der Waals surface area contributed by atoms with Crippen LogP contribution in [-0.2, 0) is 11.3 Å². The fourth-order valence-electron chi connectivity index (χ4n) is 1.46. The third kappa shape index (κ3) is 2.87. The van der Waals surface area contributed by atoms with Gasteiger partial charge in [-0.25, -0.2) is 9.78 Å². The number of carbonyl (C=O) groups is 1. The monoisotopic (exact) mass is 262 g/mol. The molecule has 19 heavy (non-hydrogen) atoms. The number of ether oxygens (including phenoxy) is 2. The van der Waals surface area contributed by atoms with Gasteiger partial charge in [-0.05, 0) is 13.8 Å². The van der Waals surface area contributed by atoms with E-state index in [-0.39, 0.29) is 11.4 Å². The molecule has 0 aromatic carbocycles. The Balaban J connectivity index is 2.32. The van der Waals surface area contributed by atoms with Gasteiger partial charge < -0.3 is 9.47 Å². The van der Waals surface area contributed by atoms with Crippen LogP contribution < -0.4 is 4.74 Å². The van der Waals surface area contributed by atoms with Crippen molar-refractivity contribution in [3.05, 3.63) is 30.0 Å². The molecule has 0 atom stereocenters. The number of esters is 1. The Morgan fingerprint density at radius 1 is 1.42 bits per heavy atom. The van der Waals surface area contributed by atoms with Gasteiger partial charge in [0.05, 0.1) is 19.5 Å². The van der Waals surface area contributed by atoms with E-state index in [1.54, 1.807) is 24.0 Å². The zero-order valence-corrected chi connectivity index (χ0v) is 11.0. The normalized spacial score (nSPS) is 10.3. The van der Waals surface area contributed by atoms with E-state index in [4.69, 9.17) is 4.74 Å². The van der Waals surface area contributed by atoms with Crippen LogP contribution in [0, 0.1) is 6.92 Å². The van der Waals surface area contributed by atoms with E-state index in [1.807, 2.05) is 6.92 Å². The van der Waals surface area contributed by atoms with Crippen LogP contribution >= 0.6 is 0 Å². The maximum atomic E-state index is 11.6. The molecule has 0 amide bonds. The second-order valence-electron chi connectivity index (χ2n) is 3.76. The van der Waals surface area contributed by atoms with E-state index in [0.29, 0.717) is 11.6 Å². The molecule has 0 saturated carbocycles. The quantitative estimate of drug-likeness (QED) is 0.778. The van der Waals surface area contributed by atoms with E-state index >= 15 is 0 Å². The van der Waals surface area contributed by atoms with Crippen molar-refractivity contribution in [3.8, 4) is 11.6 Å². The third-order valence-corrected chi connectivity index (χ3v) is 2.43. The summed E-state index contributed by atoms with van der Waals surface area (Å²) in [6.07, 6.45) is 4.66. The van der Waals surface area contributed by atoms with Crippen LogP contribution in [0.3, 0.4) is 0 Å². The topological polar surface area (TPSA) is 79.1 Å². The molecule has 2 aromatic rings. The molecule has 0 bridgehead atoms. The predicted octanol–water partition coefficient (Wildman–Crippen LogP) is 1.58. The highest BCUT2D eigenvalue weighted by molar-refractivity contribution is 5.91. The minimum absolute atomic E-state index is 0.162. The van der Waals surface area contributed by atoms with Crippen LogP contribution in [0.15, 0.2) is 18.6 Å². The van der Waals surface area contributed by atoms with Gasteiger partial charge in [-0.15, -0.1) is 0 Å². The van der Waals surface area contributed by atoms with Crippen molar-refractivity contribution in [2.45, 2.75) is 20.4 Å². The SMILES string of the molecule is CCn1cc(Oc2nc(C)ncc2C(=O)OC)cn1. The highest BCUT2D eigenvalue weighted by atomic mass is 16.5. The molecule has 7 nitrogen and oxygen atoms in total. The van der Waals surface area contributed by atoms with Gasteiger partial charge in [0.2, 0.25) is 5.88 Å². The predicted molar refractivity (Wildman–Crippen MR) is 66.1 cm³/mol. The Bertz CT molecular complexity index is 594. The molecule has 0 unspecified atom stereocenters. The van der Waals surface area contributed by atoms with Gasteiger partial charge in [0.1, 0.15) is 11.4 Å². The number of hydrogen-bond acceptors (Lipinski definition) is 6. The van der Waals surface area contributed by atoms with Crippen molar-refractivity contribution in [2.75, 3.05) is 7.11 Å². The van der Waals surface area contributed by atoms with Gasteiger partial charge in [0, 0.05) is 12.7 Å². The molecule has 2 rings (SSSR count). The van der Waals surface area contributed by atoms with Gasteiger partial charge in [-0.1, -0.05) is 0 Å². The van der Waals surface area contributed by atoms with Gasteiger partial charge >= 0.3 is 5.97 Å². The van der Waals surface area contributed by atoms with Gasteiger partial charge in [0.25, 0.3) is 0 Å². The molecule has 0 aliphatic heterocycles. The van der Waals surface area contributed by atoms with Crippen molar-refractivity contribution in [2.24, 2.45) is 0 Å². The summed E-state index contributed by atoms with van der Waals surface area (Å²) in [7, 11) is 1.29. The lowest BCUT2D eigenvalue weighted by molar-refractivity contribution is 0.0596. The number of methoxy groups -OCH3 is 1. The number of nitrogens with zero attached hydrogens (tertiary/aromatic N) is 4. The van der Waals surface area contributed by atoms with Gasteiger partial charge in [0.15, 0.2) is 5.75 Å². The summed E-state index contributed by atoms with van der Waals surface area (Å²) in [4.78, 5) is 19.7. The molecule has 100 valence electrons. The molecule has 0 saturated heterocycles. The maximum absolute atomic E-state index is 11.6. The standard InChI is InChI=1S/C12H14N4O3/c1-4-16-7-9(5-14-16)19-11-10(12(17)18-3)6-13-8(2)15-11/h5-7H,4H2,1-3H3. The van der Waals surface area contributed by atoms with Crippen LogP contribution in [0.1, 0.15) is 23.1 Å². The minimum atomic E-state index is -0.544. The first-order valence-electron chi connectivity index (χ1n) is 5.76. The van der Waals surface area contributed by atoms with Crippen LogP contribution in [0.2, 0.25) is 0 Å². The van der Waals surface area contributed by atoms with Crippen LogP contribution in [0.25, 0.3) is 0 Å². The Morgan fingerprint density at radius 2 is 2.21 bits per heavy atom. The third-order valence-electron chi connectivity index (χ3n) is 2.43. The van der Waals surface area contributed by atoms with Gasteiger partial charge in [-0.2, -0.15) is 10.1 Å². The summed E-state index contributed by atoms with van der Waals surface area (Å²) in [5.41, 5.74) is 0.178. The van der Waals surface area contributed by atoms with Crippen molar-refractivity contribution >= 4 is 5.97 Å². The number of hydrogen-bond donors (Lipinski definition) is 0. The second-order valence-corrected chi connectivity index (χ2v) is 3.76. The van der Waals surface area contributed by atoms with E-state index < -0.39 is 5.97 Å². The fourth-order valence-corrected chi connectivity index (χ4v) is 1.46. The molecule has 0 N–H and O–H groups in total. The summed E-state index contributed by atoms with van der Waals surface area (Å²) in [5, 5.41) is 4.08. The van der Waals surface area contributed by atoms with E-state index in [9.17, 15) is 4.79 Å². The minimum Gasteiger partial charge on any atom is -0.465 e. The lowest BCUT2D eigenvalue weighted by Crippen LogP contribution is -2.07. The van der Waals surface area contributed by atoms with Crippen molar-refractivity contribution in [1.82, 2.24) is 19.7 Å². The lowest BCUT2D eigenvalue weighted by Gasteiger charge is -2.07. The average molecular weight is 262 g/mol. The molecule has 0 spiro atoms. The van der Waals surface area contributed by atoms with Crippen LogP contribution in [0.5, 0.6) is 11.6 Å². The largest absolute Gasteiger partial charge is 0.465 e. The van der Waals surface area contributed by atoms with Crippen LogP contribution in [0.4, 0.5) is 0 Å². The summed E-state index contributed by atoms with van der Waals surface area (Å²) in [6.45, 7) is 4.41. The number of aromatic nitrogens is 4. The molecule has 7 heteroatoms. The molecule has 0 aliphatic rings. The highest BCUT2D eigenvalue weighted by Gasteiger charge is 2.17. The zero-order valence-electron chi connectivity index (χ0n) is 11.0. The van der Waals surface area contributed by atoms with Gasteiger partial charge in [-0.3, -0.25) is 4.68 Å². The number of aryl methyl sites for hydroxylation is 2. The van der Waals surface area contributed by atoms with E-state index in [2.05, 4.69) is 19.8 Å². The number of rotatable bonds is 4. The molecular formula is C12H14N4O3. The first-order valence-corrected chi connectivity index (χ1v) is 5.76. The summed E-state index contributed by atoms with van der Waals surface area (Å²) in [6, 6.07) is 0. The first kappa shape index (κ1) is 13.0. The molecule has 0 radical (unpaired) electrons. The Kier molecular flexibility index (Phi) is 3.74. The van der Waals surface area contributed by atoms with Crippen molar-refractivity contribution < 1.29 is 14.3 Å². The Morgan fingerprint density at radius 3 is 2.84 bits per heavy atom. The summed E-state index contributed by atoms with van der Waals surface area (Å²) < 4.78 is 11.9. The first-order chi connectivity index (χ1) is 9.13. The zero-order chi connectivity index (χ0) is 13.8. The van der Waals surface area contributed by atoms with Crippen LogP contribution in [-0.4, -0.2) is 32.8 Å². The molecule has 2 heterocycles. The summed E-state index contributed by atoms with van der Waals surface area (Å²) in [5.74, 6) is 0.628. The Hall–Kier alpha value is -2.44. The molecule has 0 fully saturated rings. The fraction of sp³-hybridized carbons (Fsp3) is 0.333. The second kappa shape index (κ2) is 5.47. The van der Waals surface area contributed by atoms with Crippen molar-refractivity contribution in [3.63, 3.8) is 0 Å². The maximum Gasteiger partial charge on any atom is 0.345 e. The summed E-state index contributed by atoms with van der Waals surface area (Å²) >= 11 is 0. The molecular weight excluding hydrogens is 248 g/mol. The number of carbonyl (C=O) groups excluding carboxylic acids is 1. The average Bonchev–Trinajstić information content (AvgIpc) is 2.86. The smallest absolute Gasteiger partial charge is 0.345 e.